The smallest absolute Gasteiger partial charge is 0.0619 e. The number of para-hydroxylation sites is 3. The summed E-state index contributed by atoms with van der Waals surface area (Å²) in [7, 11) is 0. The van der Waals surface area contributed by atoms with Gasteiger partial charge in [0, 0.05) is 69.9 Å². The van der Waals surface area contributed by atoms with Crippen molar-refractivity contribution in [2.24, 2.45) is 0 Å². The van der Waals surface area contributed by atoms with Crippen molar-refractivity contribution < 1.29 is 0 Å². The normalized spacial score (nSPS) is 11.9. The van der Waals surface area contributed by atoms with Crippen LogP contribution in [0, 0.1) is 0 Å². The van der Waals surface area contributed by atoms with Gasteiger partial charge in [0.2, 0.25) is 0 Å². The van der Waals surface area contributed by atoms with Gasteiger partial charge >= 0.3 is 0 Å². The molecule has 3 heterocycles. The molecule has 0 unspecified atom stereocenters. The molecule has 0 amide bonds. The number of hydrogen-bond donors (Lipinski definition) is 0. The fraction of sp³-hybridized carbons (Fsp3) is 0. The van der Waals surface area contributed by atoms with Crippen molar-refractivity contribution in [3.63, 3.8) is 0 Å². The van der Waals surface area contributed by atoms with Crippen LogP contribution in [0.4, 0.5) is 17.1 Å². The van der Waals surface area contributed by atoms with Gasteiger partial charge in [0.1, 0.15) is 0 Å². The average Bonchev–Trinajstić information content (AvgIpc) is 3.92. The van der Waals surface area contributed by atoms with Crippen LogP contribution >= 0.6 is 11.3 Å². The summed E-state index contributed by atoms with van der Waals surface area (Å²) in [5.41, 5.74) is 10.5. The molecular weight excluding hydrogens is 699 g/mol. The van der Waals surface area contributed by atoms with Crippen LogP contribution in [-0.2, 0) is 0 Å². The van der Waals surface area contributed by atoms with Crippen LogP contribution in [0.2, 0.25) is 0 Å². The highest BCUT2D eigenvalue weighted by molar-refractivity contribution is 7.26. The highest BCUT2D eigenvalue weighted by Crippen LogP contribution is 2.46. The number of nitrogens with zero attached hydrogens (tertiary/aromatic N) is 3. The van der Waals surface area contributed by atoms with E-state index in [2.05, 4.69) is 214 Å². The van der Waals surface area contributed by atoms with E-state index < -0.39 is 0 Å². The molecule has 0 aliphatic heterocycles. The fourth-order valence-electron chi connectivity index (χ4n) is 9.07. The van der Waals surface area contributed by atoms with Crippen LogP contribution in [0.5, 0.6) is 0 Å². The van der Waals surface area contributed by atoms with Crippen molar-refractivity contribution in [3.8, 4) is 11.4 Å². The Labute approximate surface area is 327 Å². The highest BCUT2D eigenvalue weighted by Gasteiger charge is 2.22. The summed E-state index contributed by atoms with van der Waals surface area (Å²) < 4.78 is 7.42. The van der Waals surface area contributed by atoms with Crippen LogP contribution in [0.25, 0.3) is 85.9 Å². The molecule has 0 saturated carbocycles. The second-order valence-corrected chi connectivity index (χ2v) is 15.6. The van der Waals surface area contributed by atoms with Gasteiger partial charge in [0.05, 0.1) is 27.8 Å². The molecule has 0 saturated heterocycles. The third-order valence-corrected chi connectivity index (χ3v) is 12.6. The van der Waals surface area contributed by atoms with E-state index in [1.54, 1.807) is 0 Å². The summed E-state index contributed by atoms with van der Waals surface area (Å²) >= 11 is 1.86. The van der Waals surface area contributed by atoms with Crippen molar-refractivity contribution >= 4 is 103 Å². The summed E-state index contributed by atoms with van der Waals surface area (Å²) in [5, 5.41) is 10.1. The van der Waals surface area contributed by atoms with Crippen molar-refractivity contribution in [1.82, 2.24) is 9.13 Å². The van der Waals surface area contributed by atoms with Crippen LogP contribution in [0.3, 0.4) is 0 Å². The van der Waals surface area contributed by atoms with Gasteiger partial charge < -0.3 is 14.0 Å². The molecule has 0 atom stereocenters. The molecule has 12 rings (SSSR count). The summed E-state index contributed by atoms with van der Waals surface area (Å²) in [6, 6.07) is 73.2. The van der Waals surface area contributed by atoms with Crippen LogP contribution in [0.1, 0.15) is 0 Å². The first-order valence-corrected chi connectivity index (χ1v) is 19.9. The zero-order valence-electron chi connectivity index (χ0n) is 30.3. The second-order valence-electron chi connectivity index (χ2n) is 14.5. The first-order valence-electron chi connectivity index (χ1n) is 19.1. The van der Waals surface area contributed by atoms with E-state index in [1.165, 1.54) is 74.6 Å². The first-order chi connectivity index (χ1) is 27.8. The molecule has 0 aliphatic rings. The minimum absolute atomic E-state index is 1.10. The first kappa shape index (κ1) is 31.2. The SMILES string of the molecule is c1ccc(-n2c3ccccc3c3ccc(N(c4ccc(-n5c6ccccc6c6ccc7ccccc7c65)cc4)c4cccc5sc6ccccc6c45)cc32)cc1. The molecular formula is C52H33N3S. The molecule has 0 fully saturated rings. The van der Waals surface area contributed by atoms with E-state index in [4.69, 9.17) is 0 Å². The van der Waals surface area contributed by atoms with Crippen LogP contribution in [0.15, 0.2) is 200 Å². The minimum atomic E-state index is 1.10. The number of fused-ring (bicyclic) bond motifs is 11. The average molecular weight is 732 g/mol. The van der Waals surface area contributed by atoms with Gasteiger partial charge in [-0.15, -0.1) is 11.3 Å². The quantitative estimate of drug-likeness (QED) is 0.172. The Morgan fingerprint density at radius 3 is 1.77 bits per heavy atom. The summed E-state index contributed by atoms with van der Waals surface area (Å²) in [6.45, 7) is 0. The zero-order valence-corrected chi connectivity index (χ0v) is 31.1. The lowest BCUT2D eigenvalue weighted by atomic mass is 10.1. The fourth-order valence-corrected chi connectivity index (χ4v) is 10.2. The van der Waals surface area contributed by atoms with E-state index in [0.29, 0.717) is 0 Å². The molecule has 3 nitrogen and oxygen atoms in total. The van der Waals surface area contributed by atoms with E-state index in [-0.39, 0.29) is 0 Å². The van der Waals surface area contributed by atoms with E-state index in [9.17, 15) is 0 Å². The zero-order chi connectivity index (χ0) is 36.7. The van der Waals surface area contributed by atoms with Gasteiger partial charge in [-0.25, -0.2) is 0 Å². The van der Waals surface area contributed by atoms with Crippen LogP contribution in [-0.4, -0.2) is 9.13 Å². The highest BCUT2D eigenvalue weighted by atomic mass is 32.1. The molecule has 9 aromatic carbocycles. The van der Waals surface area contributed by atoms with Gasteiger partial charge in [-0.3, -0.25) is 0 Å². The number of hydrogen-bond acceptors (Lipinski definition) is 2. The lowest BCUT2D eigenvalue weighted by Crippen LogP contribution is -2.10. The van der Waals surface area contributed by atoms with Crippen molar-refractivity contribution in [3.05, 3.63) is 200 Å². The molecule has 56 heavy (non-hydrogen) atoms. The number of benzene rings is 9. The maximum Gasteiger partial charge on any atom is 0.0619 e. The maximum absolute atomic E-state index is 2.46. The molecule has 0 N–H and O–H groups in total. The summed E-state index contributed by atoms with van der Waals surface area (Å²) in [6.07, 6.45) is 0. The molecule has 0 spiro atoms. The van der Waals surface area contributed by atoms with Gasteiger partial charge in [-0.2, -0.15) is 0 Å². The van der Waals surface area contributed by atoms with Crippen molar-refractivity contribution in [1.29, 1.82) is 0 Å². The molecule has 12 aromatic rings. The molecule has 0 aliphatic carbocycles. The Bertz CT molecular complexity index is 3480. The Morgan fingerprint density at radius 2 is 0.946 bits per heavy atom. The topological polar surface area (TPSA) is 13.1 Å². The molecule has 3 aromatic heterocycles. The molecule has 0 radical (unpaired) electrons. The Morgan fingerprint density at radius 1 is 0.357 bits per heavy atom. The Kier molecular flexibility index (Phi) is 6.80. The number of thiophene rings is 1. The van der Waals surface area contributed by atoms with Crippen LogP contribution < -0.4 is 4.90 Å². The number of anilines is 3. The van der Waals surface area contributed by atoms with E-state index in [0.717, 1.165) is 28.4 Å². The lowest BCUT2D eigenvalue weighted by molar-refractivity contribution is 1.17. The largest absolute Gasteiger partial charge is 0.310 e. The number of rotatable bonds is 5. The van der Waals surface area contributed by atoms with Gasteiger partial charge in [0.25, 0.3) is 0 Å². The second kappa shape index (κ2) is 12.2. The minimum Gasteiger partial charge on any atom is -0.310 e. The third-order valence-electron chi connectivity index (χ3n) is 11.5. The lowest BCUT2D eigenvalue weighted by Gasteiger charge is -2.27. The molecule has 4 heteroatoms. The third kappa shape index (κ3) is 4.57. The predicted octanol–water partition coefficient (Wildman–Crippen LogP) is 14.9. The molecule has 0 bridgehead atoms. The van der Waals surface area contributed by atoms with E-state index in [1.807, 2.05) is 11.3 Å². The number of aromatic nitrogens is 2. The summed E-state index contributed by atoms with van der Waals surface area (Å²) in [5.74, 6) is 0. The van der Waals surface area contributed by atoms with E-state index >= 15 is 0 Å². The van der Waals surface area contributed by atoms with Crippen molar-refractivity contribution in [2.75, 3.05) is 4.90 Å². The molecule has 262 valence electrons. The van der Waals surface area contributed by atoms with Gasteiger partial charge in [-0.1, -0.05) is 121 Å². The predicted molar refractivity (Wildman–Crippen MR) is 240 cm³/mol. The van der Waals surface area contributed by atoms with Gasteiger partial charge in [-0.05, 0) is 84.2 Å². The Balaban J connectivity index is 1.11. The Hall–Kier alpha value is -7.14. The van der Waals surface area contributed by atoms with Crippen molar-refractivity contribution in [2.45, 2.75) is 0 Å². The maximum atomic E-state index is 2.46. The monoisotopic (exact) mass is 731 g/mol. The summed E-state index contributed by atoms with van der Waals surface area (Å²) in [4.78, 5) is 2.46. The standard InChI is InChI=1S/C52H33N3S/c1-2-14-35(15-3-1)54-45-20-9-6-17-40(45)42-32-30-38(33-48(42)54)53(47-22-12-24-50-51(47)44-19-8-11-23-49(44)56-50)36-26-28-37(29-27-36)55-46-21-10-7-18-41(46)43-31-25-34-13-4-5-16-39(34)52(43)55/h1-33H. The van der Waals surface area contributed by atoms with Gasteiger partial charge in [0.15, 0.2) is 0 Å².